The molecular formula is C12H20N2O2. The molecule has 0 aliphatic carbocycles. The normalized spacial score (nSPS) is 14.4. The van der Waals surface area contributed by atoms with Crippen molar-refractivity contribution in [2.24, 2.45) is 5.92 Å². The lowest BCUT2D eigenvalue weighted by atomic mass is 9.99. The molecule has 0 aromatic carbocycles. The fourth-order valence-electron chi connectivity index (χ4n) is 1.58. The molecule has 1 rings (SSSR count). The van der Waals surface area contributed by atoms with Crippen LogP contribution in [0, 0.1) is 5.92 Å². The third-order valence-corrected chi connectivity index (χ3v) is 2.84. The quantitative estimate of drug-likeness (QED) is 0.723. The van der Waals surface area contributed by atoms with Crippen LogP contribution in [0.15, 0.2) is 18.3 Å². The number of carbonyl (C=O) groups is 1. The SMILES string of the molecule is CCC(C)C(NCc1ccc[nH]1)C(=O)OC. The Hall–Kier alpha value is -1.29. The van der Waals surface area contributed by atoms with Gasteiger partial charge in [0.05, 0.1) is 7.11 Å². The second kappa shape index (κ2) is 6.33. The van der Waals surface area contributed by atoms with Gasteiger partial charge >= 0.3 is 5.97 Å². The fraction of sp³-hybridized carbons (Fsp3) is 0.583. The Kier molecular flexibility index (Phi) is 5.05. The van der Waals surface area contributed by atoms with Crippen LogP contribution in [0.25, 0.3) is 0 Å². The molecular weight excluding hydrogens is 204 g/mol. The van der Waals surface area contributed by atoms with Gasteiger partial charge in [0.15, 0.2) is 0 Å². The van der Waals surface area contributed by atoms with E-state index in [4.69, 9.17) is 4.74 Å². The second-order valence-corrected chi connectivity index (χ2v) is 3.96. The molecule has 0 bridgehead atoms. The topological polar surface area (TPSA) is 54.1 Å². The first-order valence-corrected chi connectivity index (χ1v) is 5.62. The van der Waals surface area contributed by atoms with E-state index in [0.29, 0.717) is 6.54 Å². The predicted octanol–water partition coefficient (Wildman–Crippen LogP) is 1.69. The zero-order valence-electron chi connectivity index (χ0n) is 10.1. The zero-order chi connectivity index (χ0) is 12.0. The number of rotatable bonds is 6. The van der Waals surface area contributed by atoms with Gasteiger partial charge in [-0.1, -0.05) is 20.3 Å². The molecule has 0 spiro atoms. The van der Waals surface area contributed by atoms with Crippen molar-refractivity contribution in [2.45, 2.75) is 32.9 Å². The van der Waals surface area contributed by atoms with Gasteiger partial charge in [-0.3, -0.25) is 10.1 Å². The van der Waals surface area contributed by atoms with Gasteiger partial charge in [-0.25, -0.2) is 0 Å². The summed E-state index contributed by atoms with van der Waals surface area (Å²) in [5.74, 6) is 0.0725. The van der Waals surface area contributed by atoms with Crippen LogP contribution in [-0.2, 0) is 16.1 Å². The van der Waals surface area contributed by atoms with Gasteiger partial charge in [0, 0.05) is 18.4 Å². The van der Waals surface area contributed by atoms with E-state index in [0.717, 1.165) is 12.1 Å². The summed E-state index contributed by atoms with van der Waals surface area (Å²) >= 11 is 0. The highest BCUT2D eigenvalue weighted by molar-refractivity contribution is 5.75. The maximum absolute atomic E-state index is 11.6. The molecule has 1 aromatic rings. The Morgan fingerprint density at radius 2 is 2.38 bits per heavy atom. The van der Waals surface area contributed by atoms with Crippen molar-refractivity contribution in [2.75, 3.05) is 7.11 Å². The van der Waals surface area contributed by atoms with E-state index < -0.39 is 0 Å². The van der Waals surface area contributed by atoms with Crippen molar-refractivity contribution in [3.63, 3.8) is 0 Å². The van der Waals surface area contributed by atoms with E-state index in [1.807, 2.05) is 25.3 Å². The monoisotopic (exact) mass is 224 g/mol. The van der Waals surface area contributed by atoms with Gasteiger partial charge in [0.2, 0.25) is 0 Å². The number of esters is 1. The summed E-state index contributed by atoms with van der Waals surface area (Å²) in [5, 5.41) is 3.22. The minimum atomic E-state index is -0.238. The van der Waals surface area contributed by atoms with E-state index in [1.165, 1.54) is 7.11 Å². The molecule has 2 atom stereocenters. The first-order chi connectivity index (χ1) is 7.69. The zero-order valence-corrected chi connectivity index (χ0v) is 10.1. The van der Waals surface area contributed by atoms with Gasteiger partial charge in [-0.15, -0.1) is 0 Å². The van der Waals surface area contributed by atoms with E-state index in [9.17, 15) is 4.79 Å². The molecule has 16 heavy (non-hydrogen) atoms. The van der Waals surface area contributed by atoms with Gasteiger partial charge in [-0.2, -0.15) is 0 Å². The molecule has 4 heteroatoms. The highest BCUT2D eigenvalue weighted by atomic mass is 16.5. The number of H-pyrrole nitrogens is 1. The minimum Gasteiger partial charge on any atom is -0.468 e. The van der Waals surface area contributed by atoms with Crippen molar-refractivity contribution >= 4 is 5.97 Å². The van der Waals surface area contributed by atoms with E-state index in [-0.39, 0.29) is 17.9 Å². The molecule has 1 aromatic heterocycles. The van der Waals surface area contributed by atoms with Gasteiger partial charge in [0.1, 0.15) is 6.04 Å². The molecule has 1 heterocycles. The third-order valence-electron chi connectivity index (χ3n) is 2.84. The summed E-state index contributed by atoms with van der Waals surface area (Å²) in [5.41, 5.74) is 1.07. The van der Waals surface area contributed by atoms with Crippen LogP contribution in [0.3, 0.4) is 0 Å². The van der Waals surface area contributed by atoms with Gasteiger partial charge < -0.3 is 9.72 Å². The van der Waals surface area contributed by atoms with Crippen LogP contribution < -0.4 is 5.32 Å². The van der Waals surface area contributed by atoms with Crippen molar-refractivity contribution in [1.82, 2.24) is 10.3 Å². The number of carbonyl (C=O) groups excluding carboxylic acids is 1. The van der Waals surface area contributed by atoms with Crippen molar-refractivity contribution in [1.29, 1.82) is 0 Å². The summed E-state index contributed by atoms with van der Waals surface area (Å²) in [6.07, 6.45) is 2.81. The summed E-state index contributed by atoms with van der Waals surface area (Å²) in [6.45, 7) is 4.76. The molecule has 0 saturated carbocycles. The first kappa shape index (κ1) is 12.8. The summed E-state index contributed by atoms with van der Waals surface area (Å²) < 4.78 is 4.79. The van der Waals surface area contributed by atoms with Crippen molar-refractivity contribution in [3.8, 4) is 0 Å². The summed E-state index contributed by atoms with van der Waals surface area (Å²) in [6, 6.07) is 3.68. The maximum Gasteiger partial charge on any atom is 0.323 e. The second-order valence-electron chi connectivity index (χ2n) is 3.96. The molecule has 90 valence electrons. The molecule has 0 aliphatic heterocycles. The van der Waals surface area contributed by atoms with Crippen LogP contribution in [0.2, 0.25) is 0 Å². The molecule has 0 aliphatic rings. The summed E-state index contributed by atoms with van der Waals surface area (Å²) in [4.78, 5) is 14.7. The Morgan fingerprint density at radius 3 is 2.88 bits per heavy atom. The lowest BCUT2D eigenvalue weighted by Crippen LogP contribution is -2.42. The molecule has 0 saturated heterocycles. The van der Waals surface area contributed by atoms with E-state index >= 15 is 0 Å². The van der Waals surface area contributed by atoms with Crippen molar-refractivity contribution < 1.29 is 9.53 Å². The highest BCUT2D eigenvalue weighted by Crippen LogP contribution is 2.10. The van der Waals surface area contributed by atoms with Crippen LogP contribution in [0.4, 0.5) is 0 Å². The number of hydrogen-bond acceptors (Lipinski definition) is 3. The average molecular weight is 224 g/mol. The molecule has 2 unspecified atom stereocenters. The van der Waals surface area contributed by atoms with Gasteiger partial charge in [0.25, 0.3) is 0 Å². The lowest BCUT2D eigenvalue weighted by molar-refractivity contribution is -0.144. The van der Waals surface area contributed by atoms with E-state index in [2.05, 4.69) is 17.2 Å². The standard InChI is InChI=1S/C12H20N2O2/c1-4-9(2)11(12(15)16-3)14-8-10-6-5-7-13-10/h5-7,9,11,13-14H,4,8H2,1-3H3. The Bertz CT molecular complexity index is 309. The first-order valence-electron chi connectivity index (χ1n) is 5.62. The highest BCUT2D eigenvalue weighted by Gasteiger charge is 2.23. The Morgan fingerprint density at radius 1 is 1.62 bits per heavy atom. The number of ether oxygens (including phenoxy) is 1. The number of methoxy groups -OCH3 is 1. The molecule has 0 radical (unpaired) electrons. The number of aromatic amines is 1. The molecule has 4 nitrogen and oxygen atoms in total. The summed E-state index contributed by atoms with van der Waals surface area (Å²) in [7, 11) is 1.42. The minimum absolute atomic E-state index is 0.194. The van der Waals surface area contributed by atoms with E-state index in [1.54, 1.807) is 0 Å². The predicted molar refractivity (Wildman–Crippen MR) is 62.9 cm³/mol. The smallest absolute Gasteiger partial charge is 0.323 e. The average Bonchev–Trinajstić information content (AvgIpc) is 2.81. The number of nitrogens with one attached hydrogen (secondary N) is 2. The molecule has 2 N–H and O–H groups in total. The Balaban J connectivity index is 2.53. The van der Waals surface area contributed by atoms with Crippen LogP contribution in [0.5, 0.6) is 0 Å². The third kappa shape index (κ3) is 3.38. The molecule has 0 amide bonds. The maximum atomic E-state index is 11.6. The van der Waals surface area contributed by atoms with Crippen LogP contribution in [-0.4, -0.2) is 24.1 Å². The number of aromatic nitrogens is 1. The number of hydrogen-bond donors (Lipinski definition) is 2. The van der Waals surface area contributed by atoms with Crippen LogP contribution in [0.1, 0.15) is 26.0 Å². The molecule has 0 fully saturated rings. The van der Waals surface area contributed by atoms with Crippen molar-refractivity contribution in [3.05, 3.63) is 24.0 Å². The van der Waals surface area contributed by atoms with Crippen LogP contribution >= 0.6 is 0 Å². The fourth-order valence-corrected chi connectivity index (χ4v) is 1.58. The van der Waals surface area contributed by atoms with Gasteiger partial charge in [-0.05, 0) is 18.1 Å². The largest absolute Gasteiger partial charge is 0.468 e. The Labute approximate surface area is 96.4 Å². The lowest BCUT2D eigenvalue weighted by Gasteiger charge is -2.21.